The second-order valence-corrected chi connectivity index (χ2v) is 14.8. The van der Waals surface area contributed by atoms with Crippen molar-refractivity contribution >= 4 is 63.3 Å². The second kappa shape index (κ2) is 12.6. The summed E-state index contributed by atoms with van der Waals surface area (Å²) in [6.07, 6.45) is 1.36. The normalized spacial score (nSPS) is 18.2. The van der Waals surface area contributed by atoms with Gasteiger partial charge < -0.3 is 21.0 Å². The quantitative estimate of drug-likeness (QED) is 0.103. The lowest BCUT2D eigenvalue weighted by atomic mass is 9.83. The Kier molecular flexibility index (Phi) is 8.42. The van der Waals surface area contributed by atoms with Gasteiger partial charge in [-0.25, -0.2) is 4.79 Å². The molecule has 1 aromatic heterocycles. The molecule has 13 heteroatoms. The van der Waals surface area contributed by atoms with E-state index in [0.717, 1.165) is 27.4 Å². The summed E-state index contributed by atoms with van der Waals surface area (Å²) in [6.45, 7) is 0. The maximum absolute atomic E-state index is 13.6. The molecule has 1 fully saturated rings. The van der Waals surface area contributed by atoms with Gasteiger partial charge in [-0.2, -0.15) is 9.36 Å². The van der Waals surface area contributed by atoms with Crippen LogP contribution in [0.1, 0.15) is 18.7 Å². The molecule has 2 aliphatic heterocycles. The molecule has 6 rings (SSSR count). The highest BCUT2D eigenvalue weighted by molar-refractivity contribution is 7.95. The number of fused-ring (bicyclic) bond motifs is 1. The minimum Gasteiger partial charge on any atom is -0.477 e. The van der Waals surface area contributed by atoms with Crippen molar-refractivity contribution in [3.05, 3.63) is 108 Å². The molecule has 2 aliphatic rings. The van der Waals surface area contributed by atoms with E-state index in [4.69, 9.17) is 10.6 Å². The summed E-state index contributed by atoms with van der Waals surface area (Å²) in [5.41, 5.74) is 6.12. The maximum atomic E-state index is 13.6. The van der Waals surface area contributed by atoms with Gasteiger partial charge in [0.05, 0.1) is 12.2 Å². The van der Waals surface area contributed by atoms with Crippen LogP contribution in [-0.2, 0) is 19.2 Å². The highest BCUT2D eigenvalue weighted by Gasteiger charge is 2.56. The fraction of sp³-hybridized carbons (Fsp3) is 0.188. The number of carbonyl (C=O) groups is 3. The van der Waals surface area contributed by atoms with Crippen molar-refractivity contribution in [2.24, 2.45) is 5.16 Å². The molecule has 4 N–H and O–H groups in total. The number of benzene rings is 3. The lowest BCUT2D eigenvalue weighted by molar-refractivity contribution is -0.155. The highest BCUT2D eigenvalue weighted by Crippen LogP contribution is 2.58. The molecular formula is C32H30N6O5PS+. The van der Waals surface area contributed by atoms with Crippen LogP contribution in [0.5, 0.6) is 0 Å². The third-order valence-electron chi connectivity index (χ3n) is 8.10. The van der Waals surface area contributed by atoms with Gasteiger partial charge in [-0.05, 0) is 54.8 Å². The summed E-state index contributed by atoms with van der Waals surface area (Å²) < 4.78 is 4.02. The van der Waals surface area contributed by atoms with Gasteiger partial charge >= 0.3 is 5.97 Å². The monoisotopic (exact) mass is 641 g/mol. The zero-order valence-electron chi connectivity index (χ0n) is 24.2. The van der Waals surface area contributed by atoms with Crippen LogP contribution in [0.4, 0.5) is 5.13 Å². The van der Waals surface area contributed by atoms with E-state index in [1.165, 1.54) is 12.0 Å². The standard InChI is InChI=1S/C32H29N6O5PS/c1-43-36-26(28-35-32(33)45-37-28)29(39)34-25-24-18-17-20(27(31(41)42)38(24)30(25)40)19-44(21-11-5-2-6-12-21,22-13-7-3-8-14-22)23-15-9-4-10-16-23/h2-16,24-25H,17-19H2,1H3,(H3-,33,34,35,37,39,41,42)/p+1/b36-26+/t24-,25+/m1/s1. The number of nitrogen functional groups attached to an aromatic ring is 1. The van der Waals surface area contributed by atoms with E-state index in [-0.39, 0.29) is 22.4 Å². The fourth-order valence-electron chi connectivity index (χ4n) is 6.16. The molecule has 0 aliphatic carbocycles. The number of carbonyl (C=O) groups excluding carboxylic acids is 2. The van der Waals surface area contributed by atoms with Crippen LogP contribution >= 0.6 is 18.8 Å². The number of rotatable bonds is 10. The van der Waals surface area contributed by atoms with Crippen LogP contribution in [0.25, 0.3) is 0 Å². The molecule has 0 bridgehead atoms. The van der Waals surface area contributed by atoms with Crippen molar-refractivity contribution in [3.8, 4) is 0 Å². The molecule has 3 heterocycles. The Morgan fingerprint density at radius 3 is 2.04 bits per heavy atom. The summed E-state index contributed by atoms with van der Waals surface area (Å²) in [4.78, 5) is 49.8. The summed E-state index contributed by atoms with van der Waals surface area (Å²) >= 11 is 0.893. The summed E-state index contributed by atoms with van der Waals surface area (Å²) in [5, 5.41) is 20.5. The Balaban J connectivity index is 1.37. The molecule has 1 saturated heterocycles. The molecule has 2 atom stereocenters. The number of nitrogens with one attached hydrogen (secondary N) is 1. The Morgan fingerprint density at radius 1 is 1.02 bits per heavy atom. The van der Waals surface area contributed by atoms with Crippen molar-refractivity contribution in [3.63, 3.8) is 0 Å². The van der Waals surface area contributed by atoms with E-state index in [9.17, 15) is 19.5 Å². The number of allylic oxidation sites excluding steroid dienone is 1. The molecule has 45 heavy (non-hydrogen) atoms. The van der Waals surface area contributed by atoms with E-state index in [1.807, 2.05) is 54.6 Å². The minimum absolute atomic E-state index is 0.0198. The number of aliphatic carboxylic acids is 1. The number of hydrogen-bond acceptors (Lipinski definition) is 9. The third kappa shape index (κ3) is 5.47. The first-order chi connectivity index (χ1) is 21.8. The van der Waals surface area contributed by atoms with Gasteiger partial charge in [-0.15, -0.1) is 0 Å². The second-order valence-electron chi connectivity index (χ2n) is 10.6. The molecule has 0 radical (unpaired) electrons. The van der Waals surface area contributed by atoms with Gasteiger partial charge in [0, 0.05) is 11.5 Å². The molecule has 0 saturated carbocycles. The van der Waals surface area contributed by atoms with Gasteiger partial charge in [-0.3, -0.25) is 14.5 Å². The molecule has 4 aromatic rings. The molecule has 11 nitrogen and oxygen atoms in total. The fourth-order valence-corrected chi connectivity index (χ4v) is 11.0. The van der Waals surface area contributed by atoms with Gasteiger partial charge in [-0.1, -0.05) is 59.8 Å². The predicted octanol–water partition coefficient (Wildman–Crippen LogP) is 2.29. The first-order valence-electron chi connectivity index (χ1n) is 14.2. The first kappa shape index (κ1) is 30.1. The molecular weight excluding hydrogens is 611 g/mol. The minimum atomic E-state index is -2.41. The number of nitrogens with two attached hydrogens (primary N) is 1. The summed E-state index contributed by atoms with van der Waals surface area (Å²) in [5.74, 6) is -2.43. The first-order valence-corrected chi connectivity index (χ1v) is 16.9. The summed E-state index contributed by atoms with van der Waals surface area (Å²) in [6, 6.07) is 29.1. The third-order valence-corrected chi connectivity index (χ3v) is 13.0. The highest BCUT2D eigenvalue weighted by atomic mass is 32.1. The van der Waals surface area contributed by atoms with Crippen LogP contribution in [0.15, 0.2) is 107 Å². The smallest absolute Gasteiger partial charge is 0.352 e. The number of β-lactam (4-membered cyclic amide) rings is 1. The largest absolute Gasteiger partial charge is 0.477 e. The predicted molar refractivity (Wildman–Crippen MR) is 174 cm³/mol. The number of aromatic nitrogens is 2. The SMILES string of the molecule is CO/N=C(/C(=O)N[C@@H]1C(=O)N2C(C(=O)O)=C(C[P+](c3ccccc3)(c3ccccc3)c3ccccc3)CC[C@H]12)c1nsc(N)n1. The van der Waals surface area contributed by atoms with Crippen LogP contribution in [0.3, 0.4) is 0 Å². The molecule has 0 spiro atoms. The lowest BCUT2D eigenvalue weighted by Gasteiger charge is -2.50. The van der Waals surface area contributed by atoms with E-state index >= 15 is 0 Å². The zero-order chi connectivity index (χ0) is 31.6. The number of hydrogen-bond donors (Lipinski definition) is 3. The van der Waals surface area contributed by atoms with E-state index < -0.39 is 37.1 Å². The van der Waals surface area contributed by atoms with Crippen molar-refractivity contribution in [1.29, 1.82) is 0 Å². The van der Waals surface area contributed by atoms with Crippen molar-refractivity contribution < 1.29 is 24.3 Å². The summed E-state index contributed by atoms with van der Waals surface area (Å²) in [7, 11) is -1.14. The van der Waals surface area contributed by atoms with Gasteiger partial charge in [0.2, 0.25) is 11.5 Å². The van der Waals surface area contributed by atoms with Crippen LogP contribution in [0, 0.1) is 0 Å². The van der Waals surface area contributed by atoms with Crippen LogP contribution < -0.4 is 27.0 Å². The van der Waals surface area contributed by atoms with Gasteiger partial charge in [0.15, 0.2) is 5.13 Å². The van der Waals surface area contributed by atoms with Crippen molar-refractivity contribution in [2.75, 3.05) is 19.0 Å². The number of nitrogens with zero attached hydrogens (tertiary/aromatic N) is 4. The topological polar surface area (TPSA) is 160 Å². The Labute approximate surface area is 263 Å². The number of carboxylic acid groups (broad SMARTS) is 1. The van der Waals surface area contributed by atoms with E-state index in [2.05, 4.69) is 56.2 Å². The van der Waals surface area contributed by atoms with E-state index in [1.54, 1.807) is 0 Å². The number of amides is 2. The molecule has 3 aromatic carbocycles. The maximum Gasteiger partial charge on any atom is 0.352 e. The van der Waals surface area contributed by atoms with Crippen molar-refractivity contribution in [2.45, 2.75) is 24.9 Å². The zero-order valence-corrected chi connectivity index (χ0v) is 25.9. The average Bonchev–Trinajstić information content (AvgIpc) is 3.51. The van der Waals surface area contributed by atoms with Gasteiger partial charge in [0.1, 0.15) is 42.0 Å². The molecule has 0 unspecified atom stereocenters. The number of oxime groups is 1. The lowest BCUT2D eigenvalue weighted by Crippen LogP contribution is -2.72. The average molecular weight is 642 g/mol. The van der Waals surface area contributed by atoms with E-state index in [0.29, 0.717) is 24.6 Å². The van der Waals surface area contributed by atoms with Gasteiger partial charge in [0.25, 0.3) is 11.8 Å². The van der Waals surface area contributed by atoms with Crippen molar-refractivity contribution in [1.82, 2.24) is 19.6 Å². The Morgan fingerprint density at radius 2 is 1.58 bits per heavy atom. The van der Waals surface area contributed by atoms with Crippen LogP contribution in [-0.4, -0.2) is 68.2 Å². The Bertz CT molecular complexity index is 1700. The number of carboxylic acids is 1. The molecule has 228 valence electrons. The Hall–Kier alpha value is -4.93. The van der Waals surface area contributed by atoms with Crippen LogP contribution in [0.2, 0.25) is 0 Å². The number of anilines is 1. The molecule has 2 amide bonds.